The molecule has 0 unspecified atom stereocenters. The molecule has 0 aliphatic carbocycles. The van der Waals surface area contributed by atoms with Gasteiger partial charge in [-0.2, -0.15) is 0 Å². The third kappa shape index (κ3) is 5.00. The first-order valence-electron chi connectivity index (χ1n) is 6.11. The van der Waals surface area contributed by atoms with Gasteiger partial charge in [-0.25, -0.2) is 0 Å². The number of aryl methyl sites for hydroxylation is 2. The number of carbonyl (C=O) groups is 1. The summed E-state index contributed by atoms with van der Waals surface area (Å²) in [6.07, 6.45) is 1.45. The van der Waals surface area contributed by atoms with Crippen molar-refractivity contribution in [2.24, 2.45) is 0 Å². The van der Waals surface area contributed by atoms with Crippen LogP contribution in [0.4, 0.5) is 0 Å². The summed E-state index contributed by atoms with van der Waals surface area (Å²) in [4.78, 5) is 11.4. The molecule has 1 amide bonds. The maximum absolute atomic E-state index is 11.4. The van der Waals surface area contributed by atoms with Crippen LogP contribution in [0.1, 0.15) is 23.1 Å². The van der Waals surface area contributed by atoms with E-state index in [0.29, 0.717) is 13.0 Å². The standard InChI is InChI=1S/C14H22N2O/c1-11-4-5-12(2)13(10-11)6-9-16-14(17)7-8-15-3/h4-5,10,15H,6-9H2,1-3H3,(H,16,17). The van der Waals surface area contributed by atoms with E-state index in [1.807, 2.05) is 7.05 Å². The first-order chi connectivity index (χ1) is 8.13. The molecular weight excluding hydrogens is 212 g/mol. The zero-order chi connectivity index (χ0) is 12.7. The Bertz CT molecular complexity index is 374. The quantitative estimate of drug-likeness (QED) is 0.784. The van der Waals surface area contributed by atoms with E-state index in [4.69, 9.17) is 0 Å². The Kier molecular flexibility index (Phi) is 5.70. The van der Waals surface area contributed by atoms with Crippen LogP contribution in [-0.4, -0.2) is 26.0 Å². The molecule has 0 atom stereocenters. The number of carbonyl (C=O) groups excluding carboxylic acids is 1. The fraction of sp³-hybridized carbons (Fsp3) is 0.500. The number of rotatable bonds is 6. The Hall–Kier alpha value is -1.35. The molecule has 0 saturated heterocycles. The number of benzene rings is 1. The van der Waals surface area contributed by atoms with Crippen LogP contribution in [0.5, 0.6) is 0 Å². The predicted molar refractivity (Wildman–Crippen MR) is 71.2 cm³/mol. The van der Waals surface area contributed by atoms with Gasteiger partial charge in [-0.05, 0) is 38.4 Å². The molecule has 2 N–H and O–H groups in total. The van der Waals surface area contributed by atoms with Crippen molar-refractivity contribution in [1.82, 2.24) is 10.6 Å². The van der Waals surface area contributed by atoms with Crippen molar-refractivity contribution in [3.63, 3.8) is 0 Å². The Labute approximate surface area is 104 Å². The third-order valence-corrected chi connectivity index (χ3v) is 2.82. The molecule has 0 bridgehead atoms. The molecule has 0 radical (unpaired) electrons. The first kappa shape index (κ1) is 13.7. The molecule has 1 rings (SSSR count). The number of hydrogen-bond acceptors (Lipinski definition) is 2. The highest BCUT2D eigenvalue weighted by molar-refractivity contribution is 5.76. The molecular formula is C14H22N2O. The molecule has 1 aromatic rings. The normalized spacial score (nSPS) is 10.3. The fourth-order valence-corrected chi connectivity index (χ4v) is 1.73. The van der Waals surface area contributed by atoms with E-state index in [1.165, 1.54) is 16.7 Å². The second-order valence-electron chi connectivity index (χ2n) is 4.38. The average Bonchev–Trinajstić information content (AvgIpc) is 2.31. The van der Waals surface area contributed by atoms with E-state index in [9.17, 15) is 4.79 Å². The molecule has 0 aliphatic rings. The van der Waals surface area contributed by atoms with Gasteiger partial charge in [0, 0.05) is 19.5 Å². The summed E-state index contributed by atoms with van der Waals surface area (Å²) in [5, 5.41) is 5.90. The lowest BCUT2D eigenvalue weighted by molar-refractivity contribution is -0.120. The van der Waals surface area contributed by atoms with Crippen LogP contribution in [0.25, 0.3) is 0 Å². The Morgan fingerprint density at radius 1 is 1.24 bits per heavy atom. The van der Waals surface area contributed by atoms with Crippen molar-refractivity contribution in [3.05, 3.63) is 34.9 Å². The minimum absolute atomic E-state index is 0.115. The first-order valence-corrected chi connectivity index (χ1v) is 6.11. The number of nitrogens with one attached hydrogen (secondary N) is 2. The summed E-state index contributed by atoms with van der Waals surface area (Å²) >= 11 is 0. The molecule has 0 saturated carbocycles. The molecule has 1 aromatic carbocycles. The number of amides is 1. The topological polar surface area (TPSA) is 41.1 Å². The van der Waals surface area contributed by atoms with Crippen LogP contribution in [0.2, 0.25) is 0 Å². The second kappa shape index (κ2) is 7.07. The zero-order valence-electron chi connectivity index (χ0n) is 11.0. The molecule has 0 spiro atoms. The molecule has 3 nitrogen and oxygen atoms in total. The number of hydrogen-bond donors (Lipinski definition) is 2. The van der Waals surface area contributed by atoms with Crippen molar-refractivity contribution in [3.8, 4) is 0 Å². The average molecular weight is 234 g/mol. The molecule has 17 heavy (non-hydrogen) atoms. The van der Waals surface area contributed by atoms with Crippen molar-refractivity contribution in [2.45, 2.75) is 26.7 Å². The van der Waals surface area contributed by atoms with Gasteiger partial charge in [0.1, 0.15) is 0 Å². The van der Waals surface area contributed by atoms with Gasteiger partial charge in [-0.15, -0.1) is 0 Å². The third-order valence-electron chi connectivity index (χ3n) is 2.82. The van der Waals surface area contributed by atoms with Crippen LogP contribution in [-0.2, 0) is 11.2 Å². The van der Waals surface area contributed by atoms with Gasteiger partial charge >= 0.3 is 0 Å². The molecule has 3 heteroatoms. The van der Waals surface area contributed by atoms with Crippen molar-refractivity contribution >= 4 is 5.91 Å². The highest BCUT2D eigenvalue weighted by Gasteiger charge is 2.01. The zero-order valence-corrected chi connectivity index (χ0v) is 11.0. The Morgan fingerprint density at radius 2 is 2.00 bits per heavy atom. The lowest BCUT2D eigenvalue weighted by atomic mass is 10.0. The largest absolute Gasteiger partial charge is 0.356 e. The fourth-order valence-electron chi connectivity index (χ4n) is 1.73. The van der Waals surface area contributed by atoms with Crippen LogP contribution >= 0.6 is 0 Å². The summed E-state index contributed by atoms with van der Waals surface area (Å²) < 4.78 is 0. The van der Waals surface area contributed by atoms with Gasteiger partial charge in [-0.1, -0.05) is 23.8 Å². The van der Waals surface area contributed by atoms with Crippen molar-refractivity contribution in [1.29, 1.82) is 0 Å². The molecule has 0 heterocycles. The summed E-state index contributed by atoms with van der Waals surface area (Å²) in [5.74, 6) is 0.115. The molecule has 0 aliphatic heterocycles. The van der Waals surface area contributed by atoms with Gasteiger partial charge in [0.2, 0.25) is 5.91 Å². The van der Waals surface area contributed by atoms with Gasteiger partial charge in [-0.3, -0.25) is 4.79 Å². The second-order valence-corrected chi connectivity index (χ2v) is 4.38. The summed E-state index contributed by atoms with van der Waals surface area (Å²) in [5.41, 5.74) is 3.88. The lowest BCUT2D eigenvalue weighted by Gasteiger charge is -2.08. The van der Waals surface area contributed by atoms with Crippen molar-refractivity contribution in [2.75, 3.05) is 20.1 Å². The highest BCUT2D eigenvalue weighted by atomic mass is 16.1. The van der Waals surface area contributed by atoms with E-state index in [0.717, 1.165) is 13.0 Å². The van der Waals surface area contributed by atoms with E-state index in [1.54, 1.807) is 0 Å². The molecule has 0 fully saturated rings. The van der Waals surface area contributed by atoms with E-state index in [-0.39, 0.29) is 5.91 Å². The Morgan fingerprint density at radius 3 is 2.71 bits per heavy atom. The smallest absolute Gasteiger partial charge is 0.221 e. The van der Waals surface area contributed by atoms with Crippen molar-refractivity contribution < 1.29 is 4.79 Å². The van der Waals surface area contributed by atoms with Crippen LogP contribution in [0.3, 0.4) is 0 Å². The monoisotopic (exact) mass is 234 g/mol. The SMILES string of the molecule is CNCCC(=O)NCCc1cc(C)ccc1C. The van der Waals surface area contributed by atoms with Crippen LogP contribution < -0.4 is 10.6 Å². The van der Waals surface area contributed by atoms with Gasteiger partial charge in [0.15, 0.2) is 0 Å². The summed E-state index contributed by atoms with van der Waals surface area (Å²) in [7, 11) is 1.85. The minimum atomic E-state index is 0.115. The summed E-state index contributed by atoms with van der Waals surface area (Å²) in [6, 6.07) is 6.44. The maximum Gasteiger partial charge on any atom is 0.221 e. The van der Waals surface area contributed by atoms with Gasteiger partial charge < -0.3 is 10.6 Å². The highest BCUT2D eigenvalue weighted by Crippen LogP contribution is 2.10. The maximum atomic E-state index is 11.4. The molecule has 94 valence electrons. The van der Waals surface area contributed by atoms with Crippen LogP contribution in [0.15, 0.2) is 18.2 Å². The van der Waals surface area contributed by atoms with E-state index < -0.39 is 0 Å². The Balaban J connectivity index is 2.35. The van der Waals surface area contributed by atoms with Gasteiger partial charge in [0.25, 0.3) is 0 Å². The van der Waals surface area contributed by atoms with E-state index >= 15 is 0 Å². The lowest BCUT2D eigenvalue weighted by Crippen LogP contribution is -2.28. The molecule has 0 aromatic heterocycles. The summed E-state index contributed by atoms with van der Waals surface area (Å²) in [6.45, 7) is 5.65. The minimum Gasteiger partial charge on any atom is -0.356 e. The van der Waals surface area contributed by atoms with E-state index in [2.05, 4.69) is 42.7 Å². The van der Waals surface area contributed by atoms with Crippen LogP contribution in [0, 0.1) is 13.8 Å². The van der Waals surface area contributed by atoms with Gasteiger partial charge in [0.05, 0.1) is 0 Å². The predicted octanol–water partition coefficient (Wildman–Crippen LogP) is 1.57.